The third kappa shape index (κ3) is 6.22. The summed E-state index contributed by atoms with van der Waals surface area (Å²) in [5.74, 6) is 1.31. The van der Waals surface area contributed by atoms with Gasteiger partial charge in [0.1, 0.15) is 0 Å². The summed E-state index contributed by atoms with van der Waals surface area (Å²) in [5.41, 5.74) is 6.35. The van der Waals surface area contributed by atoms with Gasteiger partial charge in [-0.1, -0.05) is 41.7 Å². The molecule has 0 radical (unpaired) electrons. The van der Waals surface area contributed by atoms with E-state index in [1.165, 1.54) is 0 Å². The number of carbonyl (C=O) groups is 1. The van der Waals surface area contributed by atoms with E-state index >= 15 is 0 Å². The van der Waals surface area contributed by atoms with E-state index in [1.807, 2.05) is 18.4 Å². The second kappa shape index (κ2) is 11.6. The summed E-state index contributed by atoms with van der Waals surface area (Å²) in [6.45, 7) is 8.91. The lowest BCUT2D eigenvalue weighted by atomic mass is 9.73. The molecular formula is C25H32Cl3N7O2. The van der Waals surface area contributed by atoms with Gasteiger partial charge < -0.3 is 21.1 Å². The number of ether oxygens (including phenoxy) is 1. The standard InChI is InChI=1S/C25H32Cl3N7O2/c1-14-21(34-23(30-3)32-16-6-10-37-11-7-16)35(17-4-8-25(2,9-5-17)22(29)36)24(31-14)33-20-18(27)12-15(26)13-19(20)28/h12-13,16-17H,3-11H2,1-2H3,(H2,29,36)(H,31,33)(H,32,34)/t17-,25+. The number of aliphatic imine (C=N–C) groups is 2. The molecule has 4 rings (SSSR count). The number of carbonyl (C=O) groups excluding carboxylic acids is 1. The van der Waals surface area contributed by atoms with Gasteiger partial charge in [-0.3, -0.25) is 9.36 Å². The Morgan fingerprint density at radius 1 is 1.19 bits per heavy atom. The number of imidazole rings is 1. The third-order valence-electron chi connectivity index (χ3n) is 7.23. The lowest BCUT2D eigenvalue weighted by Gasteiger charge is -2.36. The molecule has 1 amide bonds. The molecule has 2 fully saturated rings. The fraction of sp³-hybridized carbons (Fsp3) is 0.520. The number of hydrogen-bond acceptors (Lipinski definition) is 5. The number of primary amides is 1. The van der Waals surface area contributed by atoms with Gasteiger partial charge in [0.15, 0.2) is 5.82 Å². The van der Waals surface area contributed by atoms with Crippen molar-refractivity contribution in [3.8, 4) is 0 Å². The molecule has 2 heterocycles. The number of amides is 1. The Hall–Kier alpha value is -2.33. The number of halogens is 3. The predicted molar refractivity (Wildman–Crippen MR) is 150 cm³/mol. The molecule has 1 aromatic heterocycles. The van der Waals surface area contributed by atoms with Crippen LogP contribution in [0, 0.1) is 12.3 Å². The van der Waals surface area contributed by atoms with Gasteiger partial charge in [-0.05, 0) is 64.3 Å². The van der Waals surface area contributed by atoms with E-state index in [2.05, 4.69) is 22.3 Å². The normalized spacial score (nSPS) is 23.1. The highest BCUT2D eigenvalue weighted by molar-refractivity contribution is 6.41. The Bertz CT molecular complexity index is 1180. The lowest BCUT2D eigenvalue weighted by molar-refractivity contribution is -0.128. The predicted octanol–water partition coefficient (Wildman–Crippen LogP) is 5.96. The number of aromatic nitrogens is 2. The molecule has 2 aliphatic rings. The summed E-state index contributed by atoms with van der Waals surface area (Å²) in [5, 5.41) is 7.85. The van der Waals surface area contributed by atoms with Gasteiger partial charge in [-0.25, -0.2) is 9.98 Å². The van der Waals surface area contributed by atoms with Crippen molar-refractivity contribution < 1.29 is 9.53 Å². The smallest absolute Gasteiger partial charge is 0.224 e. The first-order valence-corrected chi connectivity index (χ1v) is 13.4. The van der Waals surface area contributed by atoms with Crippen molar-refractivity contribution in [3.63, 3.8) is 0 Å². The second-order valence-electron chi connectivity index (χ2n) is 9.86. The first-order chi connectivity index (χ1) is 17.6. The summed E-state index contributed by atoms with van der Waals surface area (Å²) in [4.78, 5) is 25.9. The maximum atomic E-state index is 12.1. The van der Waals surface area contributed by atoms with Crippen molar-refractivity contribution in [1.82, 2.24) is 14.9 Å². The second-order valence-corrected chi connectivity index (χ2v) is 11.1. The molecule has 1 aliphatic heterocycles. The minimum absolute atomic E-state index is 0.00821. The summed E-state index contributed by atoms with van der Waals surface area (Å²) in [7, 11) is 0. The number of nitrogens with two attached hydrogens (primary N) is 1. The van der Waals surface area contributed by atoms with Crippen molar-refractivity contribution in [2.45, 2.75) is 64.5 Å². The van der Waals surface area contributed by atoms with Gasteiger partial charge in [-0.15, -0.1) is 0 Å². The topological polar surface area (TPSA) is 119 Å². The van der Waals surface area contributed by atoms with E-state index in [9.17, 15) is 4.79 Å². The van der Waals surface area contributed by atoms with Crippen molar-refractivity contribution in [2.75, 3.05) is 18.5 Å². The number of benzene rings is 1. The highest BCUT2D eigenvalue weighted by Crippen LogP contribution is 2.45. The number of anilines is 2. The van der Waals surface area contributed by atoms with Crippen molar-refractivity contribution >= 4 is 70.8 Å². The number of aryl methyl sites for hydroxylation is 1. The summed E-state index contributed by atoms with van der Waals surface area (Å²) in [6.07, 6.45) is 4.48. The van der Waals surface area contributed by atoms with Crippen molar-refractivity contribution in [1.29, 1.82) is 0 Å². The van der Waals surface area contributed by atoms with E-state index in [0.29, 0.717) is 70.2 Å². The molecular weight excluding hydrogens is 537 g/mol. The highest BCUT2D eigenvalue weighted by atomic mass is 35.5. The Balaban J connectivity index is 1.73. The zero-order valence-corrected chi connectivity index (χ0v) is 23.3. The van der Waals surface area contributed by atoms with E-state index in [4.69, 9.17) is 55.2 Å². The van der Waals surface area contributed by atoms with Crippen LogP contribution in [0.1, 0.15) is 57.2 Å². The molecule has 0 spiro atoms. The molecule has 2 aromatic rings. The van der Waals surface area contributed by atoms with Crippen molar-refractivity contribution in [3.05, 3.63) is 32.9 Å². The van der Waals surface area contributed by atoms with Crippen LogP contribution in [-0.4, -0.2) is 47.4 Å². The molecule has 1 saturated carbocycles. The lowest BCUT2D eigenvalue weighted by Crippen LogP contribution is -2.38. The SMILES string of the molecule is C=N/C(=N\c1c(C)nc(Nc2c(Cl)cc(Cl)cc2Cl)n1[C@H]1CC[C@@](C)(C(N)=O)CC1)NC1CCOCC1. The molecule has 1 aromatic carbocycles. The maximum Gasteiger partial charge on any atom is 0.224 e. The molecule has 9 nitrogen and oxygen atoms in total. The Labute approximate surface area is 231 Å². The van der Waals surface area contributed by atoms with Crippen LogP contribution in [0.25, 0.3) is 0 Å². The number of guanidine groups is 1. The van der Waals surface area contributed by atoms with Crippen LogP contribution in [0.3, 0.4) is 0 Å². The molecule has 1 aliphatic carbocycles. The number of nitrogens with one attached hydrogen (secondary N) is 2. The average Bonchev–Trinajstić information content (AvgIpc) is 3.16. The maximum absolute atomic E-state index is 12.1. The Kier molecular flexibility index (Phi) is 8.68. The minimum atomic E-state index is -0.537. The summed E-state index contributed by atoms with van der Waals surface area (Å²) in [6, 6.07) is 3.44. The van der Waals surface area contributed by atoms with Crippen molar-refractivity contribution in [2.24, 2.45) is 21.1 Å². The van der Waals surface area contributed by atoms with E-state index in [-0.39, 0.29) is 18.0 Å². The first-order valence-electron chi connectivity index (χ1n) is 12.3. The molecule has 0 unspecified atom stereocenters. The Morgan fingerprint density at radius 2 is 1.81 bits per heavy atom. The zero-order valence-electron chi connectivity index (χ0n) is 21.0. The fourth-order valence-electron chi connectivity index (χ4n) is 4.86. The average molecular weight is 569 g/mol. The monoisotopic (exact) mass is 567 g/mol. The van der Waals surface area contributed by atoms with Gasteiger partial charge >= 0.3 is 0 Å². The van der Waals surface area contributed by atoms with Gasteiger partial charge in [-0.2, -0.15) is 4.99 Å². The third-order valence-corrected chi connectivity index (χ3v) is 8.05. The molecule has 4 N–H and O–H groups in total. The quantitative estimate of drug-likeness (QED) is 0.293. The number of rotatable bonds is 6. The van der Waals surface area contributed by atoms with E-state index in [0.717, 1.165) is 25.7 Å². The first kappa shape index (κ1) is 27.7. The Morgan fingerprint density at radius 3 is 2.38 bits per heavy atom. The van der Waals surface area contributed by atoms with Crippen LogP contribution in [0.2, 0.25) is 15.1 Å². The van der Waals surface area contributed by atoms with Crippen LogP contribution in [0.15, 0.2) is 22.1 Å². The molecule has 12 heteroatoms. The molecule has 0 atom stereocenters. The van der Waals surface area contributed by atoms with Crippen LogP contribution < -0.4 is 16.4 Å². The van der Waals surface area contributed by atoms with E-state index in [1.54, 1.807) is 12.1 Å². The molecule has 0 bridgehead atoms. The molecule has 1 saturated heterocycles. The van der Waals surface area contributed by atoms with Gasteiger partial charge in [0, 0.05) is 35.7 Å². The van der Waals surface area contributed by atoms with Crippen LogP contribution in [0.5, 0.6) is 0 Å². The highest BCUT2D eigenvalue weighted by Gasteiger charge is 2.38. The number of nitrogens with zero attached hydrogens (tertiary/aromatic N) is 4. The van der Waals surface area contributed by atoms with Crippen LogP contribution in [0.4, 0.5) is 17.5 Å². The molecule has 200 valence electrons. The zero-order chi connectivity index (χ0) is 26.7. The number of hydrogen-bond donors (Lipinski definition) is 3. The van der Waals surface area contributed by atoms with Crippen LogP contribution in [-0.2, 0) is 9.53 Å². The largest absolute Gasteiger partial charge is 0.381 e. The summed E-state index contributed by atoms with van der Waals surface area (Å²) < 4.78 is 7.50. The fourth-order valence-corrected chi connectivity index (χ4v) is 5.77. The minimum Gasteiger partial charge on any atom is -0.381 e. The molecule has 37 heavy (non-hydrogen) atoms. The summed E-state index contributed by atoms with van der Waals surface area (Å²) >= 11 is 19.0. The van der Waals surface area contributed by atoms with Crippen LogP contribution >= 0.6 is 34.8 Å². The van der Waals surface area contributed by atoms with Gasteiger partial charge in [0.25, 0.3) is 0 Å². The van der Waals surface area contributed by atoms with E-state index < -0.39 is 5.41 Å². The van der Waals surface area contributed by atoms with Gasteiger partial charge in [0.2, 0.25) is 17.8 Å². The van der Waals surface area contributed by atoms with Gasteiger partial charge in [0.05, 0.1) is 21.4 Å².